The Labute approximate surface area is 109 Å². The Morgan fingerprint density at radius 3 is 2.67 bits per heavy atom. The van der Waals surface area contributed by atoms with Crippen molar-refractivity contribution in [2.45, 2.75) is 38.0 Å². The first-order valence-corrected chi connectivity index (χ1v) is 6.75. The van der Waals surface area contributed by atoms with Crippen LogP contribution < -0.4 is 0 Å². The fourth-order valence-electron chi connectivity index (χ4n) is 2.25. The highest BCUT2D eigenvalue weighted by atomic mass is 16.5. The molecule has 2 rings (SSSR count). The Kier molecular flexibility index (Phi) is 5.17. The van der Waals surface area contributed by atoms with Crippen molar-refractivity contribution >= 4 is 0 Å². The van der Waals surface area contributed by atoms with Crippen LogP contribution in [-0.4, -0.2) is 42.4 Å². The summed E-state index contributed by atoms with van der Waals surface area (Å²) in [5.41, 5.74) is 1.15. The lowest BCUT2D eigenvalue weighted by Gasteiger charge is -2.35. The van der Waals surface area contributed by atoms with Crippen molar-refractivity contribution < 1.29 is 9.84 Å². The number of ether oxygens (including phenoxy) is 1. The Balaban J connectivity index is 1.61. The molecule has 1 aromatic carbocycles. The average Bonchev–Trinajstić information content (AvgIpc) is 2.27. The number of rotatable bonds is 7. The zero-order valence-electron chi connectivity index (χ0n) is 11.1. The van der Waals surface area contributed by atoms with E-state index in [-0.39, 0.29) is 6.10 Å². The largest absolute Gasteiger partial charge is 0.389 e. The SMILES string of the molecule is CN(CC(O)COCc1ccccc1)C1CCC1. The smallest absolute Gasteiger partial charge is 0.0900 e. The van der Waals surface area contributed by atoms with Crippen LogP contribution in [0, 0.1) is 0 Å². The lowest BCUT2D eigenvalue weighted by molar-refractivity contribution is 0.00109. The van der Waals surface area contributed by atoms with Gasteiger partial charge in [0.25, 0.3) is 0 Å². The number of benzene rings is 1. The quantitative estimate of drug-likeness (QED) is 0.803. The zero-order chi connectivity index (χ0) is 12.8. The van der Waals surface area contributed by atoms with Gasteiger partial charge in [-0.15, -0.1) is 0 Å². The average molecular weight is 249 g/mol. The second-order valence-electron chi connectivity index (χ2n) is 5.18. The summed E-state index contributed by atoms with van der Waals surface area (Å²) >= 11 is 0. The van der Waals surface area contributed by atoms with E-state index in [1.54, 1.807) is 0 Å². The van der Waals surface area contributed by atoms with E-state index in [0.29, 0.717) is 25.8 Å². The van der Waals surface area contributed by atoms with Crippen LogP contribution in [0.1, 0.15) is 24.8 Å². The van der Waals surface area contributed by atoms with Crippen LogP contribution in [0.5, 0.6) is 0 Å². The molecule has 1 saturated carbocycles. The Bertz CT molecular complexity index is 338. The molecule has 0 spiro atoms. The lowest BCUT2D eigenvalue weighted by Crippen LogP contribution is -2.42. The van der Waals surface area contributed by atoms with Crippen LogP contribution in [0.3, 0.4) is 0 Å². The molecule has 0 saturated heterocycles. The van der Waals surface area contributed by atoms with Crippen molar-refractivity contribution in [2.24, 2.45) is 0 Å². The number of aliphatic hydroxyl groups is 1. The fourth-order valence-corrected chi connectivity index (χ4v) is 2.25. The Morgan fingerprint density at radius 1 is 1.33 bits per heavy atom. The first-order chi connectivity index (χ1) is 8.75. The molecule has 1 aromatic rings. The maximum absolute atomic E-state index is 9.90. The van der Waals surface area contributed by atoms with Crippen molar-refractivity contribution in [3.05, 3.63) is 35.9 Å². The van der Waals surface area contributed by atoms with Crippen molar-refractivity contribution in [1.29, 1.82) is 0 Å². The monoisotopic (exact) mass is 249 g/mol. The van der Waals surface area contributed by atoms with E-state index in [2.05, 4.69) is 11.9 Å². The first-order valence-electron chi connectivity index (χ1n) is 6.75. The Morgan fingerprint density at radius 2 is 2.06 bits per heavy atom. The van der Waals surface area contributed by atoms with Gasteiger partial charge in [-0.25, -0.2) is 0 Å². The molecule has 0 bridgehead atoms. The molecule has 1 aliphatic carbocycles. The topological polar surface area (TPSA) is 32.7 Å². The van der Waals surface area contributed by atoms with Gasteiger partial charge in [-0.3, -0.25) is 0 Å². The molecular weight excluding hydrogens is 226 g/mol. The molecule has 0 aliphatic heterocycles. The van der Waals surface area contributed by atoms with Crippen LogP contribution in [-0.2, 0) is 11.3 Å². The van der Waals surface area contributed by atoms with E-state index < -0.39 is 0 Å². The highest BCUT2D eigenvalue weighted by Gasteiger charge is 2.23. The van der Waals surface area contributed by atoms with Crippen LogP contribution in [0.4, 0.5) is 0 Å². The summed E-state index contributed by atoms with van der Waals surface area (Å²) in [6.07, 6.45) is 3.48. The molecule has 0 aromatic heterocycles. The summed E-state index contributed by atoms with van der Waals surface area (Å²) in [5, 5.41) is 9.90. The highest BCUT2D eigenvalue weighted by molar-refractivity contribution is 5.13. The van der Waals surface area contributed by atoms with E-state index in [9.17, 15) is 5.11 Å². The molecule has 3 heteroatoms. The minimum absolute atomic E-state index is 0.390. The zero-order valence-corrected chi connectivity index (χ0v) is 11.1. The maximum Gasteiger partial charge on any atom is 0.0900 e. The molecule has 0 radical (unpaired) electrons. The Hall–Kier alpha value is -0.900. The van der Waals surface area contributed by atoms with Crippen molar-refractivity contribution in [3.8, 4) is 0 Å². The standard InChI is InChI=1S/C15H23NO2/c1-16(14-8-5-9-14)10-15(17)12-18-11-13-6-3-2-4-7-13/h2-4,6-7,14-15,17H,5,8-12H2,1H3. The molecule has 1 aliphatic rings. The molecule has 0 heterocycles. The van der Waals surface area contributed by atoms with Crippen LogP contribution in [0.15, 0.2) is 30.3 Å². The first kappa shape index (κ1) is 13.5. The molecule has 1 fully saturated rings. The fraction of sp³-hybridized carbons (Fsp3) is 0.600. The summed E-state index contributed by atoms with van der Waals surface area (Å²) in [5.74, 6) is 0. The molecule has 1 N–H and O–H groups in total. The molecule has 100 valence electrons. The third kappa shape index (κ3) is 4.09. The second-order valence-corrected chi connectivity index (χ2v) is 5.18. The van der Waals surface area contributed by atoms with Crippen molar-refractivity contribution in [2.75, 3.05) is 20.2 Å². The van der Waals surface area contributed by atoms with Gasteiger partial charge in [0, 0.05) is 12.6 Å². The second kappa shape index (κ2) is 6.88. The normalized spacial score (nSPS) is 17.7. The molecule has 1 atom stereocenters. The van der Waals surface area contributed by atoms with Gasteiger partial charge in [-0.05, 0) is 25.5 Å². The summed E-state index contributed by atoms with van der Waals surface area (Å²) in [6.45, 7) is 1.69. The molecule has 3 nitrogen and oxygen atoms in total. The van der Waals surface area contributed by atoms with E-state index >= 15 is 0 Å². The molecule has 1 unspecified atom stereocenters. The van der Waals surface area contributed by atoms with Gasteiger partial charge in [0.15, 0.2) is 0 Å². The van der Waals surface area contributed by atoms with E-state index in [1.165, 1.54) is 19.3 Å². The van der Waals surface area contributed by atoms with E-state index in [0.717, 1.165) is 5.56 Å². The van der Waals surface area contributed by atoms with E-state index in [1.807, 2.05) is 30.3 Å². The van der Waals surface area contributed by atoms with Crippen LogP contribution in [0.2, 0.25) is 0 Å². The van der Waals surface area contributed by atoms with Gasteiger partial charge in [0.1, 0.15) is 0 Å². The van der Waals surface area contributed by atoms with Crippen LogP contribution >= 0.6 is 0 Å². The van der Waals surface area contributed by atoms with Crippen molar-refractivity contribution in [1.82, 2.24) is 4.90 Å². The summed E-state index contributed by atoms with van der Waals surface area (Å²) in [6, 6.07) is 10.7. The number of aliphatic hydroxyl groups excluding tert-OH is 1. The molecule has 18 heavy (non-hydrogen) atoms. The summed E-state index contributed by atoms with van der Waals surface area (Å²) in [4.78, 5) is 2.25. The van der Waals surface area contributed by atoms with E-state index in [4.69, 9.17) is 4.74 Å². The third-order valence-corrected chi connectivity index (χ3v) is 3.62. The number of likely N-dealkylation sites (N-methyl/N-ethyl adjacent to an activating group) is 1. The molecular formula is C15H23NO2. The number of nitrogens with zero attached hydrogens (tertiary/aromatic N) is 1. The van der Waals surface area contributed by atoms with Gasteiger partial charge in [0.05, 0.1) is 19.3 Å². The number of hydrogen-bond acceptors (Lipinski definition) is 3. The maximum atomic E-state index is 9.90. The predicted octanol–water partition coefficient (Wildman–Crippen LogP) is 2.05. The third-order valence-electron chi connectivity index (χ3n) is 3.62. The summed E-state index contributed by atoms with van der Waals surface area (Å²) < 4.78 is 5.54. The predicted molar refractivity (Wildman–Crippen MR) is 72.4 cm³/mol. The van der Waals surface area contributed by atoms with Gasteiger partial charge >= 0.3 is 0 Å². The van der Waals surface area contributed by atoms with Crippen LogP contribution in [0.25, 0.3) is 0 Å². The van der Waals surface area contributed by atoms with Gasteiger partial charge in [-0.1, -0.05) is 36.8 Å². The minimum atomic E-state index is -0.390. The lowest BCUT2D eigenvalue weighted by atomic mass is 9.92. The number of hydrogen-bond donors (Lipinski definition) is 1. The van der Waals surface area contributed by atoms with Gasteiger partial charge in [0.2, 0.25) is 0 Å². The minimum Gasteiger partial charge on any atom is -0.389 e. The van der Waals surface area contributed by atoms with Crippen molar-refractivity contribution in [3.63, 3.8) is 0 Å². The summed E-state index contributed by atoms with van der Waals surface area (Å²) in [7, 11) is 2.09. The highest BCUT2D eigenvalue weighted by Crippen LogP contribution is 2.23. The molecule has 0 amide bonds. The van der Waals surface area contributed by atoms with Gasteiger partial charge in [-0.2, -0.15) is 0 Å². The van der Waals surface area contributed by atoms with Gasteiger partial charge < -0.3 is 14.7 Å².